The minimum absolute atomic E-state index is 0.253. The molecule has 2 N–H and O–H groups in total. The lowest BCUT2D eigenvalue weighted by molar-refractivity contribution is -0.147. The van der Waals surface area contributed by atoms with Crippen LogP contribution in [0.5, 0.6) is 0 Å². The maximum absolute atomic E-state index is 11.5. The first-order valence-electron chi connectivity index (χ1n) is 6.28. The first-order chi connectivity index (χ1) is 9.03. The van der Waals surface area contributed by atoms with Crippen LogP contribution < -0.4 is 5.32 Å². The number of fused-ring (bicyclic) bond motifs is 1. The van der Waals surface area contributed by atoms with Crippen molar-refractivity contribution in [3.63, 3.8) is 0 Å². The maximum atomic E-state index is 11.5. The van der Waals surface area contributed by atoms with Crippen LogP contribution in [0.3, 0.4) is 0 Å². The number of aromatic nitrogens is 2. The topological polar surface area (TPSA) is 67.0 Å². The van der Waals surface area contributed by atoms with Gasteiger partial charge in [-0.3, -0.25) is 4.79 Å². The molecule has 0 radical (unpaired) electrons. The number of nitrogens with one attached hydrogen (secondary N) is 2. The van der Waals surface area contributed by atoms with E-state index in [1.54, 1.807) is 6.33 Å². The van der Waals surface area contributed by atoms with Crippen molar-refractivity contribution in [1.82, 2.24) is 15.3 Å². The number of nitrogens with zero attached hydrogens (tertiary/aromatic N) is 1. The maximum Gasteiger partial charge on any atom is 0.325 e. The van der Waals surface area contributed by atoms with Gasteiger partial charge in [0.25, 0.3) is 0 Å². The van der Waals surface area contributed by atoms with Crippen molar-refractivity contribution in [2.75, 3.05) is 13.7 Å². The molecule has 1 heterocycles. The van der Waals surface area contributed by atoms with Gasteiger partial charge in [0.05, 0.1) is 24.5 Å². The molecule has 0 saturated heterocycles. The molecule has 2 aromatic rings. The molecule has 0 aliphatic rings. The van der Waals surface area contributed by atoms with Gasteiger partial charge in [-0.15, -0.1) is 0 Å². The first-order valence-corrected chi connectivity index (χ1v) is 6.28. The van der Waals surface area contributed by atoms with E-state index in [0.717, 1.165) is 17.5 Å². The van der Waals surface area contributed by atoms with Crippen LogP contribution in [0.2, 0.25) is 0 Å². The summed E-state index contributed by atoms with van der Waals surface area (Å²) >= 11 is 0. The number of H-pyrrole nitrogens is 1. The molecule has 0 aliphatic carbocycles. The second-order valence-corrected chi connectivity index (χ2v) is 5.05. The Morgan fingerprint density at radius 2 is 2.26 bits per heavy atom. The van der Waals surface area contributed by atoms with Crippen molar-refractivity contribution < 1.29 is 9.53 Å². The Labute approximate surface area is 112 Å². The van der Waals surface area contributed by atoms with Gasteiger partial charge in [-0.2, -0.15) is 0 Å². The molecule has 1 aromatic carbocycles. The van der Waals surface area contributed by atoms with E-state index < -0.39 is 5.54 Å². The number of esters is 1. The second kappa shape index (κ2) is 5.40. The summed E-state index contributed by atoms with van der Waals surface area (Å²) in [5.74, 6) is -0.253. The SMILES string of the molecule is COC(=O)C(C)(C)NCCc1ccc2nc[nH]c2c1. The molecule has 0 fully saturated rings. The molecule has 19 heavy (non-hydrogen) atoms. The summed E-state index contributed by atoms with van der Waals surface area (Å²) in [6.45, 7) is 4.34. The van der Waals surface area contributed by atoms with E-state index in [0.29, 0.717) is 6.54 Å². The zero-order valence-corrected chi connectivity index (χ0v) is 11.5. The summed E-state index contributed by atoms with van der Waals surface area (Å²) in [6.07, 6.45) is 2.53. The number of hydrogen-bond acceptors (Lipinski definition) is 4. The van der Waals surface area contributed by atoms with Crippen molar-refractivity contribution in [2.45, 2.75) is 25.8 Å². The zero-order chi connectivity index (χ0) is 13.9. The predicted octanol–water partition coefficient (Wildman–Crippen LogP) is 1.65. The summed E-state index contributed by atoms with van der Waals surface area (Å²) in [7, 11) is 1.40. The Bertz CT molecular complexity index is 575. The Balaban J connectivity index is 1.93. The summed E-state index contributed by atoms with van der Waals surface area (Å²) < 4.78 is 4.75. The van der Waals surface area contributed by atoms with Crippen LogP contribution in [-0.4, -0.2) is 35.1 Å². The number of rotatable bonds is 5. The molecule has 0 unspecified atom stereocenters. The van der Waals surface area contributed by atoms with Gasteiger partial charge in [0.1, 0.15) is 5.54 Å². The third-order valence-electron chi connectivity index (χ3n) is 3.16. The molecule has 0 bridgehead atoms. The van der Waals surface area contributed by atoms with E-state index >= 15 is 0 Å². The number of imidazole rings is 1. The summed E-state index contributed by atoms with van der Waals surface area (Å²) in [5.41, 5.74) is 2.54. The van der Waals surface area contributed by atoms with Gasteiger partial charge in [-0.05, 0) is 38.0 Å². The van der Waals surface area contributed by atoms with Crippen LogP contribution in [-0.2, 0) is 16.0 Å². The molecule has 5 nitrogen and oxygen atoms in total. The predicted molar refractivity (Wildman–Crippen MR) is 73.9 cm³/mol. The number of hydrogen-bond donors (Lipinski definition) is 2. The van der Waals surface area contributed by atoms with Gasteiger partial charge in [-0.1, -0.05) is 6.07 Å². The van der Waals surface area contributed by atoms with Gasteiger partial charge in [0.2, 0.25) is 0 Å². The van der Waals surface area contributed by atoms with Crippen LogP contribution in [0.1, 0.15) is 19.4 Å². The Morgan fingerprint density at radius 1 is 1.47 bits per heavy atom. The highest BCUT2D eigenvalue weighted by molar-refractivity contribution is 5.79. The van der Waals surface area contributed by atoms with Crippen molar-refractivity contribution in [3.05, 3.63) is 30.1 Å². The average Bonchev–Trinajstić information content (AvgIpc) is 2.84. The van der Waals surface area contributed by atoms with E-state index in [9.17, 15) is 4.79 Å². The zero-order valence-electron chi connectivity index (χ0n) is 11.5. The van der Waals surface area contributed by atoms with E-state index in [2.05, 4.69) is 27.4 Å². The Kier molecular flexibility index (Phi) is 3.85. The lowest BCUT2D eigenvalue weighted by atomic mass is 10.1. The molecule has 2 rings (SSSR count). The van der Waals surface area contributed by atoms with Crippen LogP contribution in [0, 0.1) is 0 Å². The third-order valence-corrected chi connectivity index (χ3v) is 3.16. The van der Waals surface area contributed by atoms with E-state index in [-0.39, 0.29) is 5.97 Å². The lowest BCUT2D eigenvalue weighted by Gasteiger charge is -2.23. The molecule has 1 aromatic heterocycles. The number of aromatic amines is 1. The molecule has 0 atom stereocenters. The fourth-order valence-electron chi connectivity index (χ4n) is 1.98. The fourth-order valence-corrected chi connectivity index (χ4v) is 1.98. The van der Waals surface area contributed by atoms with Gasteiger partial charge in [0, 0.05) is 6.54 Å². The molecular formula is C14H19N3O2. The van der Waals surface area contributed by atoms with Crippen LogP contribution >= 0.6 is 0 Å². The normalized spacial score (nSPS) is 11.7. The fraction of sp³-hybridized carbons (Fsp3) is 0.429. The lowest BCUT2D eigenvalue weighted by Crippen LogP contribution is -2.48. The number of ether oxygens (including phenoxy) is 1. The van der Waals surface area contributed by atoms with Crippen LogP contribution in [0.25, 0.3) is 11.0 Å². The van der Waals surface area contributed by atoms with Crippen molar-refractivity contribution in [3.8, 4) is 0 Å². The molecule has 5 heteroatoms. The highest BCUT2D eigenvalue weighted by Gasteiger charge is 2.27. The van der Waals surface area contributed by atoms with Crippen molar-refractivity contribution in [2.24, 2.45) is 0 Å². The number of methoxy groups -OCH3 is 1. The van der Waals surface area contributed by atoms with Crippen LogP contribution in [0.15, 0.2) is 24.5 Å². The number of carbonyl (C=O) groups is 1. The summed E-state index contributed by atoms with van der Waals surface area (Å²) in [6, 6.07) is 6.12. The van der Waals surface area contributed by atoms with Crippen molar-refractivity contribution in [1.29, 1.82) is 0 Å². The minimum Gasteiger partial charge on any atom is -0.468 e. The Hall–Kier alpha value is -1.88. The summed E-state index contributed by atoms with van der Waals surface area (Å²) in [4.78, 5) is 18.8. The van der Waals surface area contributed by atoms with E-state index in [1.807, 2.05) is 19.9 Å². The standard InChI is InChI=1S/C14H19N3O2/c1-14(2,13(18)19-3)17-7-6-10-4-5-11-12(8-10)16-9-15-11/h4-5,8-9,17H,6-7H2,1-3H3,(H,15,16). The molecule has 0 saturated carbocycles. The highest BCUT2D eigenvalue weighted by atomic mass is 16.5. The van der Waals surface area contributed by atoms with E-state index in [1.165, 1.54) is 12.7 Å². The average molecular weight is 261 g/mol. The van der Waals surface area contributed by atoms with Gasteiger partial charge < -0.3 is 15.0 Å². The molecule has 0 aliphatic heterocycles. The molecule has 102 valence electrons. The first kappa shape index (κ1) is 13.5. The molecule has 0 spiro atoms. The third kappa shape index (κ3) is 3.12. The monoisotopic (exact) mass is 261 g/mol. The van der Waals surface area contributed by atoms with E-state index in [4.69, 9.17) is 4.74 Å². The van der Waals surface area contributed by atoms with Crippen LogP contribution in [0.4, 0.5) is 0 Å². The van der Waals surface area contributed by atoms with Gasteiger partial charge in [0.15, 0.2) is 0 Å². The van der Waals surface area contributed by atoms with Crippen molar-refractivity contribution >= 4 is 17.0 Å². The minimum atomic E-state index is -0.660. The van der Waals surface area contributed by atoms with Gasteiger partial charge >= 0.3 is 5.97 Å². The highest BCUT2D eigenvalue weighted by Crippen LogP contribution is 2.12. The quantitative estimate of drug-likeness (QED) is 0.803. The largest absolute Gasteiger partial charge is 0.468 e. The molecule has 0 amide bonds. The van der Waals surface area contributed by atoms with Gasteiger partial charge in [-0.25, -0.2) is 4.98 Å². The smallest absolute Gasteiger partial charge is 0.325 e. The number of carbonyl (C=O) groups excluding carboxylic acids is 1. The number of benzene rings is 1. The summed E-state index contributed by atoms with van der Waals surface area (Å²) in [5, 5.41) is 3.20. The Morgan fingerprint density at radius 3 is 3.00 bits per heavy atom. The molecular weight excluding hydrogens is 242 g/mol. The second-order valence-electron chi connectivity index (χ2n) is 5.05.